The van der Waals surface area contributed by atoms with Gasteiger partial charge in [-0.25, -0.2) is 9.59 Å². The van der Waals surface area contributed by atoms with Crippen LogP contribution in [0.4, 0.5) is 16.2 Å². The van der Waals surface area contributed by atoms with Crippen LogP contribution in [0.25, 0.3) is 0 Å². The maximum absolute atomic E-state index is 14.4. The quantitative estimate of drug-likeness (QED) is 0.0294. The number of hydrogen-bond acceptors (Lipinski definition) is 20. The van der Waals surface area contributed by atoms with Gasteiger partial charge >= 0.3 is 12.1 Å². The lowest BCUT2D eigenvalue weighted by Gasteiger charge is -2.42. The molecule has 8 rings (SSSR count). The number of carbonyl (C=O) groups is 7. The summed E-state index contributed by atoms with van der Waals surface area (Å²) < 4.78 is 46.2. The molecule has 0 aliphatic carbocycles. The van der Waals surface area contributed by atoms with Gasteiger partial charge in [0.05, 0.1) is 95.3 Å². The van der Waals surface area contributed by atoms with E-state index < -0.39 is 84.6 Å². The van der Waals surface area contributed by atoms with Crippen molar-refractivity contribution in [1.29, 1.82) is 0 Å². The van der Waals surface area contributed by atoms with Gasteiger partial charge in [0.15, 0.2) is 5.72 Å². The highest BCUT2D eigenvalue weighted by molar-refractivity contribution is 6.34. The number of likely N-dealkylation sites (N-methyl/N-ethyl adjacent to an activating group) is 2. The number of methoxy groups -OCH3 is 1. The zero-order chi connectivity index (χ0) is 69.7. The highest BCUT2D eigenvalue weighted by Gasteiger charge is 2.64. The lowest BCUT2D eigenvalue weighted by Crippen LogP contribution is -2.63. The number of benzene rings is 3. The number of epoxide rings is 1. The molecule has 0 radical (unpaired) electrons. The second-order valence-corrected chi connectivity index (χ2v) is 24.9. The number of amides is 6. The Labute approximate surface area is 567 Å². The number of hydrogen-bond donors (Lipinski definition) is 5. The van der Waals surface area contributed by atoms with E-state index >= 15 is 0 Å². The van der Waals surface area contributed by atoms with Crippen molar-refractivity contribution >= 4 is 64.6 Å². The summed E-state index contributed by atoms with van der Waals surface area (Å²) in [6.07, 6.45) is 0.695. The van der Waals surface area contributed by atoms with Gasteiger partial charge in [-0.3, -0.25) is 34.7 Å². The molecule has 5 N–H and O–H groups in total. The largest absolute Gasteiger partial charge is 0.457 e. The monoisotopic (exact) mass is 1360 g/mol. The van der Waals surface area contributed by atoms with Crippen LogP contribution in [0.1, 0.15) is 126 Å². The molecule has 0 aromatic heterocycles. The van der Waals surface area contributed by atoms with E-state index in [4.69, 9.17) is 49.5 Å². The lowest BCUT2D eigenvalue weighted by atomic mass is 9.83. The van der Waals surface area contributed by atoms with E-state index in [2.05, 4.69) is 26.4 Å². The summed E-state index contributed by atoms with van der Waals surface area (Å²) >= 11 is 6.80. The highest BCUT2D eigenvalue weighted by atomic mass is 35.5. The number of carbonyl (C=O) groups excluding carboxylic acids is 7. The Kier molecular flexibility index (Phi) is 28.7. The Morgan fingerprint density at radius 2 is 1.54 bits per heavy atom. The number of anilines is 2. The Balaban J connectivity index is 0.00000644. The summed E-state index contributed by atoms with van der Waals surface area (Å²) in [4.78, 5) is 100. The molecule has 3 aromatic rings. The van der Waals surface area contributed by atoms with Crippen LogP contribution in [0.15, 0.2) is 94.8 Å². The summed E-state index contributed by atoms with van der Waals surface area (Å²) in [6.45, 7) is 13.6. The number of nitrogens with zero attached hydrogens (tertiary/aromatic N) is 6. The predicted molar refractivity (Wildman–Crippen MR) is 356 cm³/mol. The topological polar surface area (TPSA) is 311 Å². The molecule has 4 bridgehead atoms. The fraction of sp³-hybridized carbons (Fsp3) is 0.580. The van der Waals surface area contributed by atoms with Crippen LogP contribution in [0.3, 0.4) is 0 Å². The first-order valence-corrected chi connectivity index (χ1v) is 33.3. The van der Waals surface area contributed by atoms with Gasteiger partial charge in [-0.05, 0) is 68.0 Å². The van der Waals surface area contributed by atoms with Gasteiger partial charge in [0.2, 0.25) is 29.5 Å². The van der Waals surface area contributed by atoms with Crippen LogP contribution < -0.4 is 25.9 Å². The first-order valence-electron chi connectivity index (χ1n) is 32.9. The first kappa shape index (κ1) is 76.0. The summed E-state index contributed by atoms with van der Waals surface area (Å²) in [5.41, 5.74) is 5.96. The summed E-state index contributed by atoms with van der Waals surface area (Å²) in [6, 6.07) is 17.6. The van der Waals surface area contributed by atoms with Crippen LogP contribution in [0.2, 0.25) is 5.02 Å². The number of ether oxygens (including phenoxy) is 8. The number of fused-ring (bicyclic) bond motifs is 10. The SMILES string of the molecule is CC.CO[C@@H]1/C=C/C=C(/C)Cc2cc(CO)c(Cl)c(c2)N(C)C(=O)C[C@H](OC(=O)[C@H](C)N(C)C(=O)CCCC(=O)N(C)CCOCCOCCOCCOCCC(=O)NCCC(=O)N2Cc3ccccc3C3NN=NC3c3ccccc32)[C@]2(C)O[C@H]2[C@H](C)[C@@H]2C[C@@]1(O)NC(=O)O2. The van der Waals surface area contributed by atoms with Gasteiger partial charge in [0, 0.05) is 90.6 Å². The number of halogens is 1. The van der Waals surface area contributed by atoms with Crippen molar-refractivity contribution in [3.05, 3.63) is 117 Å². The molecule has 0 spiro atoms. The average molecular weight is 1360 g/mol. The summed E-state index contributed by atoms with van der Waals surface area (Å²) in [5, 5.41) is 36.3. The number of alkyl carbamates (subject to hydrolysis) is 1. The molecule has 27 heteroatoms. The van der Waals surface area contributed by atoms with Crippen molar-refractivity contribution in [2.24, 2.45) is 16.3 Å². The molecule has 5 aliphatic heterocycles. The maximum Gasteiger partial charge on any atom is 0.409 e. The van der Waals surface area contributed by atoms with E-state index in [1.807, 2.05) is 75.4 Å². The van der Waals surface area contributed by atoms with Gasteiger partial charge < -0.3 is 73.0 Å². The molecule has 2 saturated heterocycles. The van der Waals surface area contributed by atoms with E-state index in [1.165, 1.54) is 42.8 Å². The van der Waals surface area contributed by atoms with E-state index in [1.54, 1.807) is 50.1 Å². The fourth-order valence-corrected chi connectivity index (χ4v) is 12.3. The van der Waals surface area contributed by atoms with Crippen LogP contribution >= 0.6 is 11.6 Å². The van der Waals surface area contributed by atoms with E-state index in [0.29, 0.717) is 57.2 Å². The van der Waals surface area contributed by atoms with Crippen LogP contribution in [-0.2, 0) is 86.2 Å². The van der Waals surface area contributed by atoms with Gasteiger partial charge in [-0.1, -0.05) is 110 Å². The van der Waals surface area contributed by atoms with Crippen LogP contribution in [0, 0.1) is 5.92 Å². The Bertz CT molecular complexity index is 3260. The third-order valence-corrected chi connectivity index (χ3v) is 18.3. The van der Waals surface area contributed by atoms with Gasteiger partial charge in [-0.2, -0.15) is 5.11 Å². The molecule has 5 aliphatic rings. The molecule has 26 nitrogen and oxygen atoms in total. The van der Waals surface area contributed by atoms with E-state index in [0.717, 1.165) is 33.5 Å². The van der Waals surface area contributed by atoms with Crippen molar-refractivity contribution in [3.8, 4) is 0 Å². The lowest BCUT2D eigenvalue weighted by molar-refractivity contribution is -0.162. The molecular weight excluding hydrogens is 1260 g/mol. The number of aliphatic hydroxyl groups is 2. The van der Waals surface area contributed by atoms with E-state index in [9.17, 15) is 43.8 Å². The molecule has 5 heterocycles. The zero-order valence-corrected chi connectivity index (χ0v) is 57.6. The van der Waals surface area contributed by atoms with Crippen molar-refractivity contribution in [3.63, 3.8) is 0 Å². The van der Waals surface area contributed by atoms with Crippen molar-refractivity contribution in [1.82, 2.24) is 25.9 Å². The van der Waals surface area contributed by atoms with Crippen LogP contribution in [0.5, 0.6) is 0 Å². The average Bonchev–Trinajstić information content (AvgIpc) is 1.56. The third-order valence-electron chi connectivity index (χ3n) is 17.9. The van der Waals surface area contributed by atoms with Crippen molar-refractivity contribution < 1.29 is 81.7 Å². The minimum atomic E-state index is -1.89. The van der Waals surface area contributed by atoms with Gasteiger partial charge in [0.25, 0.3) is 0 Å². The second-order valence-electron chi connectivity index (χ2n) is 24.5. The second kappa shape index (κ2) is 36.3. The van der Waals surface area contributed by atoms with Crippen LogP contribution in [-0.4, -0.2) is 198 Å². The Hall–Kier alpha value is -7.40. The summed E-state index contributed by atoms with van der Waals surface area (Å²) in [5.74, 6) is -2.91. The molecule has 2 unspecified atom stereocenters. The number of aliphatic hydroxyl groups excluding tert-OH is 1. The zero-order valence-electron chi connectivity index (χ0n) is 56.8. The highest BCUT2D eigenvalue weighted by Crippen LogP contribution is 2.50. The number of rotatable bonds is 27. The van der Waals surface area contributed by atoms with Crippen molar-refractivity contribution in [2.45, 2.75) is 160 Å². The first-order chi connectivity index (χ1) is 46.1. The fourth-order valence-electron chi connectivity index (χ4n) is 12.0. The van der Waals surface area contributed by atoms with Crippen molar-refractivity contribution in [2.75, 3.05) is 104 Å². The summed E-state index contributed by atoms with van der Waals surface area (Å²) in [7, 11) is 6.02. The number of allylic oxidation sites excluding steroid dienone is 3. The predicted octanol–water partition coefficient (Wildman–Crippen LogP) is 6.92. The molecule has 2 fully saturated rings. The number of esters is 1. The smallest absolute Gasteiger partial charge is 0.409 e. The number of para-hydroxylation sites is 1. The van der Waals surface area contributed by atoms with Gasteiger partial charge in [-0.15, -0.1) is 0 Å². The molecule has 10 atom stereocenters. The minimum Gasteiger partial charge on any atom is -0.457 e. The Morgan fingerprint density at radius 3 is 2.24 bits per heavy atom. The molecular formula is C69H96ClN9O17. The molecule has 526 valence electrons. The molecule has 96 heavy (non-hydrogen) atoms. The molecule has 0 saturated carbocycles. The standard InChI is InChI=1S/C67H90ClN9O17.C2H6/c1-42-15-13-20-53(87-8)67(86)39-52(92-65(85)70-67)43(2)63-66(4,94-63)54(38-59(83)76(7)51-37-45(35-42)36-47(41-78)60(51)68)93-64(84)44(3)75(6)57(81)22-14-21-56(80)74(5)26-28-89-30-32-91-34-33-90-31-29-88-27-24-55(79)69-25-23-58(82)77-40-46-16-9-10-17-48(46)61-62(72-73-71-61)49-18-11-12-19-50(49)77;1-2/h9-13,15-20,36-37,43-44,52-54,61-63,78,86H,14,21-35,38-41H2,1-8H3,(H,69,79)(H,70,85)(H,71,72);1-2H3/b20-13+,42-15-;/t43-,44+,52+,53-,54+,61?,62?,63+,66+,67+;/m1./s1. The maximum atomic E-state index is 14.4. The third kappa shape index (κ3) is 19.9. The number of nitrogens with one attached hydrogen (secondary N) is 3. The Morgan fingerprint density at radius 1 is 0.885 bits per heavy atom. The normalized spacial score (nSPS) is 24.8. The minimum absolute atomic E-state index is 0.0515. The molecule has 6 amide bonds. The molecule has 3 aromatic carbocycles. The van der Waals surface area contributed by atoms with Gasteiger partial charge in [0.1, 0.15) is 36.0 Å². The van der Waals surface area contributed by atoms with E-state index in [-0.39, 0.29) is 106 Å².